The second-order valence-electron chi connectivity index (χ2n) is 5.37. The summed E-state index contributed by atoms with van der Waals surface area (Å²) < 4.78 is 5.53. The Morgan fingerprint density at radius 3 is 2.75 bits per heavy atom. The van der Waals surface area contributed by atoms with Gasteiger partial charge in [0.1, 0.15) is 0 Å². The van der Waals surface area contributed by atoms with Gasteiger partial charge in [0.25, 0.3) is 0 Å². The first-order valence-electron chi connectivity index (χ1n) is 7.43. The summed E-state index contributed by atoms with van der Waals surface area (Å²) in [6.45, 7) is 2.61. The van der Waals surface area contributed by atoms with Gasteiger partial charge < -0.3 is 15.2 Å². The lowest BCUT2D eigenvalue weighted by molar-refractivity contribution is 0.0285. The first-order chi connectivity index (χ1) is 9.84. The highest BCUT2D eigenvalue weighted by molar-refractivity contribution is 7.99. The third kappa shape index (κ3) is 6.27. The first-order valence-corrected chi connectivity index (χ1v) is 8.58. The van der Waals surface area contributed by atoms with Crippen molar-refractivity contribution >= 4 is 11.8 Å². The van der Waals surface area contributed by atoms with Gasteiger partial charge in [-0.1, -0.05) is 30.3 Å². The second-order valence-corrected chi connectivity index (χ2v) is 6.59. The van der Waals surface area contributed by atoms with Crippen molar-refractivity contribution in [1.29, 1.82) is 0 Å². The van der Waals surface area contributed by atoms with E-state index in [1.165, 1.54) is 24.3 Å². The van der Waals surface area contributed by atoms with E-state index in [1.807, 2.05) is 30.3 Å². The van der Waals surface area contributed by atoms with Gasteiger partial charge in [0, 0.05) is 6.54 Å². The predicted molar refractivity (Wildman–Crippen MR) is 85.0 cm³/mol. The Bertz CT molecular complexity index is 355. The summed E-state index contributed by atoms with van der Waals surface area (Å²) in [6.07, 6.45) is 2.19. The number of hydrogen-bond donors (Lipinski definition) is 2. The average molecular weight is 295 g/mol. The normalized spacial score (nSPS) is 18.1. The van der Waals surface area contributed by atoms with Crippen LogP contribution in [-0.2, 0) is 11.3 Å². The van der Waals surface area contributed by atoms with Crippen molar-refractivity contribution in [3.05, 3.63) is 35.9 Å². The van der Waals surface area contributed by atoms with Crippen LogP contribution < -0.4 is 5.32 Å². The maximum atomic E-state index is 9.87. The van der Waals surface area contributed by atoms with Crippen LogP contribution in [0.4, 0.5) is 0 Å². The molecule has 2 rings (SSSR count). The largest absolute Gasteiger partial charge is 0.389 e. The van der Waals surface area contributed by atoms with Gasteiger partial charge in [-0.3, -0.25) is 0 Å². The maximum absolute atomic E-state index is 9.87. The van der Waals surface area contributed by atoms with Crippen molar-refractivity contribution in [2.45, 2.75) is 25.6 Å². The van der Waals surface area contributed by atoms with E-state index < -0.39 is 6.10 Å². The van der Waals surface area contributed by atoms with Gasteiger partial charge in [0.15, 0.2) is 0 Å². The Hall–Kier alpha value is -0.550. The molecule has 1 aromatic carbocycles. The van der Waals surface area contributed by atoms with Crippen LogP contribution in [0, 0.1) is 5.92 Å². The van der Waals surface area contributed by atoms with Gasteiger partial charge in [-0.05, 0) is 42.4 Å². The molecule has 3 nitrogen and oxygen atoms in total. The van der Waals surface area contributed by atoms with Crippen molar-refractivity contribution in [1.82, 2.24) is 5.32 Å². The van der Waals surface area contributed by atoms with Crippen LogP contribution >= 0.6 is 11.8 Å². The topological polar surface area (TPSA) is 41.5 Å². The molecule has 112 valence electrons. The molecule has 1 aliphatic rings. The van der Waals surface area contributed by atoms with Crippen molar-refractivity contribution in [3.63, 3.8) is 0 Å². The fourth-order valence-corrected chi connectivity index (χ4v) is 3.55. The van der Waals surface area contributed by atoms with Crippen molar-refractivity contribution < 1.29 is 9.84 Å². The molecule has 1 aromatic rings. The van der Waals surface area contributed by atoms with E-state index in [0.29, 0.717) is 19.8 Å². The molecule has 2 N–H and O–H groups in total. The fraction of sp³-hybridized carbons (Fsp3) is 0.625. The van der Waals surface area contributed by atoms with Crippen molar-refractivity contribution in [3.8, 4) is 0 Å². The third-order valence-corrected chi connectivity index (χ3v) is 4.62. The minimum Gasteiger partial charge on any atom is -0.389 e. The lowest BCUT2D eigenvalue weighted by atomic mass is 10.0. The van der Waals surface area contributed by atoms with E-state index in [0.717, 1.165) is 18.0 Å². The van der Waals surface area contributed by atoms with Gasteiger partial charge in [-0.15, -0.1) is 0 Å². The first kappa shape index (κ1) is 15.8. The second kappa shape index (κ2) is 9.40. The minimum atomic E-state index is -0.420. The van der Waals surface area contributed by atoms with E-state index in [2.05, 4.69) is 17.1 Å². The number of aliphatic hydroxyl groups excluding tert-OH is 1. The van der Waals surface area contributed by atoms with E-state index in [4.69, 9.17) is 4.74 Å². The number of hydrogen-bond acceptors (Lipinski definition) is 4. The summed E-state index contributed by atoms with van der Waals surface area (Å²) in [5.74, 6) is 3.36. The molecule has 0 saturated carbocycles. The van der Waals surface area contributed by atoms with E-state index in [1.54, 1.807) is 0 Å². The zero-order valence-corrected chi connectivity index (χ0v) is 12.8. The molecule has 4 heteroatoms. The molecular weight excluding hydrogens is 270 g/mol. The lowest BCUT2D eigenvalue weighted by Gasteiger charge is -2.22. The van der Waals surface area contributed by atoms with E-state index >= 15 is 0 Å². The Balaban J connectivity index is 1.50. The lowest BCUT2D eigenvalue weighted by Crippen LogP contribution is -2.34. The molecule has 1 fully saturated rings. The molecule has 1 heterocycles. The molecule has 0 bridgehead atoms. The molecule has 0 aliphatic carbocycles. The van der Waals surface area contributed by atoms with Crippen LogP contribution in [0.25, 0.3) is 0 Å². The molecule has 1 atom stereocenters. The molecule has 1 aliphatic heterocycles. The molecule has 0 aromatic heterocycles. The summed E-state index contributed by atoms with van der Waals surface area (Å²) in [5, 5.41) is 13.2. The van der Waals surface area contributed by atoms with Crippen LogP contribution in [0.3, 0.4) is 0 Å². The van der Waals surface area contributed by atoms with Crippen LogP contribution in [0.15, 0.2) is 30.3 Å². The zero-order valence-electron chi connectivity index (χ0n) is 12.0. The number of rotatable bonds is 8. The smallest absolute Gasteiger partial charge is 0.0897 e. The highest BCUT2D eigenvalue weighted by atomic mass is 32.2. The summed E-state index contributed by atoms with van der Waals surface area (Å²) >= 11 is 2.05. The monoisotopic (exact) mass is 295 g/mol. The van der Waals surface area contributed by atoms with E-state index in [-0.39, 0.29) is 0 Å². The SMILES string of the molecule is OC(CNCC1CCSCC1)COCc1ccccc1. The Labute approximate surface area is 126 Å². The number of thioether (sulfide) groups is 1. The van der Waals surface area contributed by atoms with Gasteiger partial charge in [0.05, 0.1) is 19.3 Å². The molecule has 0 spiro atoms. The van der Waals surface area contributed by atoms with Crippen LogP contribution in [0.2, 0.25) is 0 Å². The number of ether oxygens (including phenoxy) is 1. The van der Waals surface area contributed by atoms with Gasteiger partial charge in [-0.2, -0.15) is 11.8 Å². The summed E-state index contributed by atoms with van der Waals surface area (Å²) in [4.78, 5) is 0. The van der Waals surface area contributed by atoms with Gasteiger partial charge in [-0.25, -0.2) is 0 Å². The molecule has 0 radical (unpaired) electrons. The highest BCUT2D eigenvalue weighted by Gasteiger charge is 2.13. The molecule has 0 amide bonds. The number of nitrogens with one attached hydrogen (secondary N) is 1. The summed E-state index contributed by atoms with van der Waals surface area (Å²) in [5.41, 5.74) is 1.15. The molecular formula is C16H25NO2S. The Kier molecular flexibility index (Phi) is 7.44. The highest BCUT2D eigenvalue weighted by Crippen LogP contribution is 2.21. The average Bonchev–Trinajstić information content (AvgIpc) is 2.49. The third-order valence-electron chi connectivity index (χ3n) is 3.58. The van der Waals surface area contributed by atoms with E-state index in [9.17, 15) is 5.11 Å². The zero-order chi connectivity index (χ0) is 14.0. The predicted octanol–water partition coefficient (Wildman–Crippen LogP) is 2.30. The number of benzene rings is 1. The molecule has 1 unspecified atom stereocenters. The van der Waals surface area contributed by atoms with Gasteiger partial charge >= 0.3 is 0 Å². The summed E-state index contributed by atoms with van der Waals surface area (Å²) in [6, 6.07) is 10.1. The Morgan fingerprint density at radius 1 is 1.25 bits per heavy atom. The van der Waals surface area contributed by atoms with Crippen LogP contribution in [0.5, 0.6) is 0 Å². The molecule has 1 saturated heterocycles. The quantitative estimate of drug-likeness (QED) is 0.772. The summed E-state index contributed by atoms with van der Waals surface area (Å²) in [7, 11) is 0. The minimum absolute atomic E-state index is 0.391. The standard InChI is InChI=1S/C16H25NO2S/c18-16(11-17-10-14-6-8-20-9-7-14)13-19-12-15-4-2-1-3-5-15/h1-5,14,16-18H,6-13H2. The van der Waals surface area contributed by atoms with Crippen LogP contribution in [-0.4, -0.2) is 42.4 Å². The fourth-order valence-electron chi connectivity index (χ4n) is 2.35. The molecule has 20 heavy (non-hydrogen) atoms. The van der Waals surface area contributed by atoms with Crippen molar-refractivity contribution in [2.24, 2.45) is 5.92 Å². The number of aliphatic hydroxyl groups is 1. The Morgan fingerprint density at radius 2 is 2.00 bits per heavy atom. The van der Waals surface area contributed by atoms with Crippen LogP contribution in [0.1, 0.15) is 18.4 Å². The maximum Gasteiger partial charge on any atom is 0.0897 e. The van der Waals surface area contributed by atoms with Gasteiger partial charge in [0.2, 0.25) is 0 Å². The van der Waals surface area contributed by atoms with Crippen molar-refractivity contribution in [2.75, 3.05) is 31.2 Å².